The van der Waals surface area contributed by atoms with Crippen molar-refractivity contribution >= 4 is 81.4 Å². The summed E-state index contributed by atoms with van der Waals surface area (Å²) < 4.78 is 8.79. The number of aromatic nitrogens is 1. The molecule has 10 rings (SSSR count). The molecule has 0 saturated heterocycles. The third-order valence-electron chi connectivity index (χ3n) is 9.48. The Balaban J connectivity index is 1.11. The molecule has 230 valence electrons. The van der Waals surface area contributed by atoms with Crippen LogP contribution in [-0.4, -0.2) is 4.98 Å². The average Bonchev–Trinajstić information content (AvgIpc) is 3.75. The summed E-state index contributed by atoms with van der Waals surface area (Å²) in [5.74, 6) is 0. The molecule has 3 heterocycles. The van der Waals surface area contributed by atoms with Gasteiger partial charge in [0, 0.05) is 32.4 Å². The number of para-hydroxylation sites is 1. The van der Waals surface area contributed by atoms with Crippen LogP contribution in [-0.2, 0) is 0 Å². The van der Waals surface area contributed by atoms with E-state index in [1.165, 1.54) is 36.7 Å². The molecule has 0 unspecified atom stereocenters. The zero-order valence-electron chi connectivity index (χ0n) is 26.4. The van der Waals surface area contributed by atoms with E-state index >= 15 is 0 Å². The summed E-state index contributed by atoms with van der Waals surface area (Å²) in [6.07, 6.45) is 0. The number of fused-ring (bicyclic) bond motifs is 8. The number of hydrogen-bond donors (Lipinski definition) is 0. The number of pyridine rings is 1. The van der Waals surface area contributed by atoms with Gasteiger partial charge in [0.15, 0.2) is 0 Å². The average molecular weight is 645 g/mol. The van der Waals surface area contributed by atoms with Crippen LogP contribution in [0.1, 0.15) is 0 Å². The van der Waals surface area contributed by atoms with Crippen molar-refractivity contribution < 1.29 is 4.42 Å². The second-order valence-electron chi connectivity index (χ2n) is 12.3. The predicted octanol–water partition coefficient (Wildman–Crippen LogP) is 13.3. The van der Waals surface area contributed by atoms with Crippen molar-refractivity contribution in [3.05, 3.63) is 170 Å². The minimum Gasteiger partial charge on any atom is -0.456 e. The summed E-state index contributed by atoms with van der Waals surface area (Å²) in [4.78, 5) is 7.60. The highest BCUT2D eigenvalue weighted by Crippen LogP contribution is 2.44. The second kappa shape index (κ2) is 11.2. The smallest absolute Gasteiger partial charge is 0.137 e. The van der Waals surface area contributed by atoms with Crippen LogP contribution in [0.3, 0.4) is 0 Å². The molecule has 0 aliphatic rings. The molecule has 0 fully saturated rings. The number of thiophene rings is 1. The summed E-state index contributed by atoms with van der Waals surface area (Å²) in [5.41, 5.74) is 10.4. The van der Waals surface area contributed by atoms with Gasteiger partial charge in [-0.15, -0.1) is 11.3 Å². The van der Waals surface area contributed by atoms with Crippen molar-refractivity contribution in [2.45, 2.75) is 0 Å². The van der Waals surface area contributed by atoms with E-state index in [0.29, 0.717) is 0 Å². The van der Waals surface area contributed by atoms with Crippen LogP contribution in [0, 0.1) is 0 Å². The quantitative estimate of drug-likeness (QED) is 0.187. The lowest BCUT2D eigenvalue weighted by Gasteiger charge is -2.26. The van der Waals surface area contributed by atoms with E-state index in [2.05, 4.69) is 163 Å². The first kappa shape index (κ1) is 27.8. The van der Waals surface area contributed by atoms with E-state index in [0.717, 1.165) is 55.8 Å². The van der Waals surface area contributed by atoms with Gasteiger partial charge >= 0.3 is 0 Å². The molecule has 0 N–H and O–H groups in total. The molecule has 0 atom stereocenters. The predicted molar refractivity (Wildman–Crippen MR) is 207 cm³/mol. The fourth-order valence-corrected chi connectivity index (χ4v) is 8.21. The second-order valence-corrected chi connectivity index (χ2v) is 13.4. The van der Waals surface area contributed by atoms with Crippen LogP contribution < -0.4 is 4.90 Å². The van der Waals surface area contributed by atoms with Crippen LogP contribution in [0.4, 0.5) is 17.1 Å². The Bertz CT molecular complexity index is 2810. The molecule has 49 heavy (non-hydrogen) atoms. The summed E-state index contributed by atoms with van der Waals surface area (Å²) in [5, 5.41) is 5.92. The molecule has 10 aromatic rings. The Kier molecular flexibility index (Phi) is 6.36. The first-order valence-electron chi connectivity index (χ1n) is 16.5. The molecule has 0 bridgehead atoms. The zero-order valence-corrected chi connectivity index (χ0v) is 27.2. The van der Waals surface area contributed by atoms with Crippen LogP contribution in [0.5, 0.6) is 0 Å². The third-order valence-corrected chi connectivity index (χ3v) is 10.6. The summed E-state index contributed by atoms with van der Waals surface area (Å²) >= 11 is 1.81. The Morgan fingerprint density at radius 2 is 1.10 bits per heavy atom. The fraction of sp³-hybridized carbons (Fsp3) is 0. The number of nitrogens with zero attached hydrogens (tertiary/aromatic N) is 2. The molecule has 3 aromatic heterocycles. The van der Waals surface area contributed by atoms with Crippen molar-refractivity contribution in [3.63, 3.8) is 0 Å². The van der Waals surface area contributed by atoms with Gasteiger partial charge in [-0.3, -0.25) is 0 Å². The van der Waals surface area contributed by atoms with E-state index in [1.807, 2.05) is 12.1 Å². The van der Waals surface area contributed by atoms with E-state index in [4.69, 9.17) is 9.40 Å². The highest BCUT2D eigenvalue weighted by atomic mass is 32.1. The molecule has 0 amide bonds. The van der Waals surface area contributed by atoms with Crippen LogP contribution in [0.2, 0.25) is 0 Å². The molecule has 0 aliphatic carbocycles. The highest BCUT2D eigenvalue weighted by molar-refractivity contribution is 7.26. The van der Waals surface area contributed by atoms with E-state index in [9.17, 15) is 0 Å². The molecular formula is C45H28N2OS. The molecule has 0 spiro atoms. The maximum absolute atomic E-state index is 6.32. The lowest BCUT2D eigenvalue weighted by atomic mass is 10.0. The minimum atomic E-state index is 0.870. The van der Waals surface area contributed by atoms with Gasteiger partial charge in [-0.2, -0.15) is 0 Å². The standard InChI is InChI=1S/C45H28N2OS/c1-2-9-29(10-3-1)30-17-22-33(23-18-30)47(38-14-8-16-40-43(38)36-13-6-7-15-39(36)48-40)34-24-19-32(20-25-34)37-26-28-42-45(46-37)44-35-12-5-4-11-31(35)21-27-41(44)49-42/h1-28H. The van der Waals surface area contributed by atoms with E-state index in [-0.39, 0.29) is 0 Å². The highest BCUT2D eigenvalue weighted by Gasteiger charge is 2.20. The molecule has 0 radical (unpaired) electrons. The van der Waals surface area contributed by atoms with Crippen LogP contribution in [0.15, 0.2) is 174 Å². The van der Waals surface area contributed by atoms with E-state index < -0.39 is 0 Å². The van der Waals surface area contributed by atoms with Gasteiger partial charge in [0.05, 0.1) is 27.0 Å². The molecule has 7 aromatic carbocycles. The van der Waals surface area contributed by atoms with E-state index in [1.54, 1.807) is 11.3 Å². The first-order valence-corrected chi connectivity index (χ1v) is 17.3. The van der Waals surface area contributed by atoms with Gasteiger partial charge in [-0.25, -0.2) is 4.98 Å². The Labute approximate surface area is 286 Å². The van der Waals surface area contributed by atoms with Gasteiger partial charge in [0.25, 0.3) is 0 Å². The topological polar surface area (TPSA) is 29.3 Å². The number of rotatable bonds is 5. The van der Waals surface area contributed by atoms with Crippen molar-refractivity contribution in [1.29, 1.82) is 0 Å². The van der Waals surface area contributed by atoms with Gasteiger partial charge in [-0.1, -0.05) is 109 Å². The maximum Gasteiger partial charge on any atom is 0.137 e. The van der Waals surface area contributed by atoms with Crippen molar-refractivity contribution in [2.75, 3.05) is 4.90 Å². The number of hydrogen-bond acceptors (Lipinski definition) is 4. The van der Waals surface area contributed by atoms with Crippen molar-refractivity contribution in [1.82, 2.24) is 4.98 Å². The molecule has 3 nitrogen and oxygen atoms in total. The van der Waals surface area contributed by atoms with Gasteiger partial charge in [0.1, 0.15) is 11.2 Å². The van der Waals surface area contributed by atoms with Crippen LogP contribution >= 0.6 is 11.3 Å². The third kappa shape index (κ3) is 4.61. The summed E-state index contributed by atoms with van der Waals surface area (Å²) in [6, 6.07) is 60.1. The molecule has 0 saturated carbocycles. The molecule has 0 aliphatic heterocycles. The normalized spacial score (nSPS) is 11.7. The number of anilines is 3. The van der Waals surface area contributed by atoms with Gasteiger partial charge < -0.3 is 9.32 Å². The molecule has 4 heteroatoms. The van der Waals surface area contributed by atoms with Crippen molar-refractivity contribution in [3.8, 4) is 22.4 Å². The minimum absolute atomic E-state index is 0.870. The number of furan rings is 1. The first-order chi connectivity index (χ1) is 24.3. The summed E-state index contributed by atoms with van der Waals surface area (Å²) in [6.45, 7) is 0. The zero-order chi connectivity index (χ0) is 32.3. The van der Waals surface area contributed by atoms with Crippen LogP contribution in [0.25, 0.3) is 75.4 Å². The molecular weight excluding hydrogens is 617 g/mol. The lowest BCUT2D eigenvalue weighted by molar-refractivity contribution is 0.669. The maximum atomic E-state index is 6.32. The van der Waals surface area contributed by atoms with Gasteiger partial charge in [0.2, 0.25) is 0 Å². The largest absolute Gasteiger partial charge is 0.456 e. The number of benzene rings is 7. The SMILES string of the molecule is c1ccc(-c2ccc(N(c3ccc(-c4ccc5sc6ccc7ccccc7c6c5n4)cc3)c3cccc4oc5ccccc5c34)cc2)cc1. The Morgan fingerprint density at radius 1 is 0.449 bits per heavy atom. The van der Waals surface area contributed by atoms with Crippen molar-refractivity contribution in [2.24, 2.45) is 0 Å². The Hall–Kier alpha value is -6.23. The monoisotopic (exact) mass is 644 g/mol. The lowest BCUT2D eigenvalue weighted by Crippen LogP contribution is -2.10. The summed E-state index contributed by atoms with van der Waals surface area (Å²) in [7, 11) is 0. The fourth-order valence-electron chi connectivity index (χ4n) is 7.15. The van der Waals surface area contributed by atoms with Gasteiger partial charge in [-0.05, 0) is 82.6 Å². The Morgan fingerprint density at radius 3 is 1.92 bits per heavy atom.